The number of fused-ring (bicyclic) bond motifs is 1. The quantitative estimate of drug-likeness (QED) is 0.637. The zero-order valence-corrected chi connectivity index (χ0v) is 8.85. The molecule has 0 spiro atoms. The number of rotatable bonds is 1. The van der Waals surface area contributed by atoms with E-state index in [-0.39, 0.29) is 0 Å². The molecule has 1 unspecified atom stereocenters. The molecule has 0 fully saturated rings. The third-order valence-electron chi connectivity index (χ3n) is 3.38. The molecule has 2 aliphatic rings. The number of allylic oxidation sites excluding steroid dienone is 5. The highest BCUT2D eigenvalue weighted by Gasteiger charge is 2.24. The molecule has 15 heavy (non-hydrogen) atoms. The Morgan fingerprint density at radius 3 is 2.60 bits per heavy atom. The summed E-state index contributed by atoms with van der Waals surface area (Å²) in [6.45, 7) is 2.19. The van der Waals surface area contributed by atoms with Crippen molar-refractivity contribution in [3.8, 4) is 0 Å². The standard InChI is InChI=1S/C15H14/c1-11-5-4-8-15-13(11)9-10-14(15)12-6-2-3-7-12/h2-10,12,14H,1H3. The third kappa shape index (κ3) is 1.29. The van der Waals surface area contributed by atoms with Crippen LogP contribution in [0.15, 0.2) is 48.6 Å². The van der Waals surface area contributed by atoms with Crippen molar-refractivity contribution in [2.24, 2.45) is 5.92 Å². The highest BCUT2D eigenvalue weighted by Crippen LogP contribution is 2.39. The Hall–Kier alpha value is -1.56. The Balaban J connectivity index is 2.05. The molecule has 0 aliphatic heterocycles. The lowest BCUT2D eigenvalue weighted by atomic mass is 9.88. The molecule has 0 amide bonds. The molecule has 0 nitrogen and oxygen atoms in total. The molecule has 0 heterocycles. The average Bonchev–Trinajstić information content (AvgIpc) is 2.85. The SMILES string of the molecule is Cc1cccc2c1C=CC2C1C=CC=C1. The fourth-order valence-corrected chi connectivity index (χ4v) is 2.55. The van der Waals surface area contributed by atoms with Crippen molar-refractivity contribution >= 4 is 6.08 Å². The van der Waals surface area contributed by atoms with Crippen molar-refractivity contribution in [3.05, 3.63) is 65.3 Å². The Morgan fingerprint density at radius 1 is 1.00 bits per heavy atom. The lowest BCUT2D eigenvalue weighted by Crippen LogP contribution is -2.03. The van der Waals surface area contributed by atoms with Crippen molar-refractivity contribution in [2.45, 2.75) is 12.8 Å². The molecule has 0 bridgehead atoms. The van der Waals surface area contributed by atoms with Crippen LogP contribution in [0.4, 0.5) is 0 Å². The molecule has 0 heteroatoms. The molecule has 1 aromatic rings. The van der Waals surface area contributed by atoms with Crippen LogP contribution in [0, 0.1) is 12.8 Å². The minimum atomic E-state index is 0.551. The van der Waals surface area contributed by atoms with E-state index in [0.717, 1.165) is 0 Å². The Kier molecular flexibility index (Phi) is 1.88. The van der Waals surface area contributed by atoms with Crippen LogP contribution in [0.2, 0.25) is 0 Å². The summed E-state index contributed by atoms with van der Waals surface area (Å²) < 4.78 is 0. The first-order valence-electron chi connectivity index (χ1n) is 5.49. The molecule has 1 aromatic carbocycles. The van der Waals surface area contributed by atoms with E-state index in [0.29, 0.717) is 11.8 Å². The summed E-state index contributed by atoms with van der Waals surface area (Å²) in [5.41, 5.74) is 4.30. The first-order valence-corrected chi connectivity index (χ1v) is 5.49. The van der Waals surface area contributed by atoms with Crippen molar-refractivity contribution in [1.29, 1.82) is 0 Å². The molecule has 74 valence electrons. The van der Waals surface area contributed by atoms with Crippen LogP contribution in [0.25, 0.3) is 6.08 Å². The minimum absolute atomic E-state index is 0.551. The van der Waals surface area contributed by atoms with Crippen molar-refractivity contribution in [3.63, 3.8) is 0 Å². The highest BCUT2D eigenvalue weighted by molar-refractivity contribution is 5.66. The highest BCUT2D eigenvalue weighted by atomic mass is 14.3. The zero-order chi connectivity index (χ0) is 10.3. The third-order valence-corrected chi connectivity index (χ3v) is 3.38. The maximum atomic E-state index is 2.34. The molecule has 1 atom stereocenters. The van der Waals surface area contributed by atoms with E-state index in [9.17, 15) is 0 Å². The van der Waals surface area contributed by atoms with Crippen LogP contribution >= 0.6 is 0 Å². The van der Waals surface area contributed by atoms with Crippen LogP contribution in [0.3, 0.4) is 0 Å². The van der Waals surface area contributed by atoms with E-state index in [1.54, 1.807) is 0 Å². The van der Waals surface area contributed by atoms with Crippen LogP contribution in [0.5, 0.6) is 0 Å². The molecular formula is C15H14. The lowest BCUT2D eigenvalue weighted by Gasteiger charge is -2.15. The van der Waals surface area contributed by atoms with E-state index >= 15 is 0 Å². The second kappa shape index (κ2) is 3.23. The van der Waals surface area contributed by atoms with Gasteiger partial charge in [-0.25, -0.2) is 0 Å². The van der Waals surface area contributed by atoms with Gasteiger partial charge < -0.3 is 0 Å². The Bertz CT molecular complexity index is 463. The van der Waals surface area contributed by atoms with Crippen molar-refractivity contribution < 1.29 is 0 Å². The monoisotopic (exact) mass is 194 g/mol. The summed E-state index contributed by atoms with van der Waals surface area (Å²) >= 11 is 0. The van der Waals surface area contributed by atoms with E-state index in [1.807, 2.05) is 0 Å². The summed E-state index contributed by atoms with van der Waals surface area (Å²) in [4.78, 5) is 0. The molecular weight excluding hydrogens is 180 g/mol. The van der Waals surface area contributed by atoms with Crippen LogP contribution < -0.4 is 0 Å². The Morgan fingerprint density at radius 2 is 1.80 bits per heavy atom. The zero-order valence-electron chi connectivity index (χ0n) is 8.85. The summed E-state index contributed by atoms with van der Waals surface area (Å²) in [5, 5.41) is 0. The van der Waals surface area contributed by atoms with Gasteiger partial charge in [-0.1, -0.05) is 54.7 Å². The number of aryl methyl sites for hydroxylation is 1. The molecule has 0 N–H and O–H groups in total. The predicted octanol–water partition coefficient (Wildman–Crippen LogP) is 3.85. The molecule has 2 aliphatic carbocycles. The largest absolute Gasteiger partial charge is 0.0767 e. The fourth-order valence-electron chi connectivity index (χ4n) is 2.55. The number of hydrogen-bond donors (Lipinski definition) is 0. The summed E-state index contributed by atoms with van der Waals surface area (Å²) in [6.07, 6.45) is 13.5. The van der Waals surface area contributed by atoms with Gasteiger partial charge in [-0.3, -0.25) is 0 Å². The Labute approximate surface area is 90.6 Å². The first kappa shape index (κ1) is 8.72. The van der Waals surface area contributed by atoms with Gasteiger partial charge in [0.15, 0.2) is 0 Å². The van der Waals surface area contributed by atoms with Gasteiger partial charge in [0, 0.05) is 11.8 Å². The fraction of sp³-hybridized carbons (Fsp3) is 0.200. The predicted molar refractivity (Wildman–Crippen MR) is 64.7 cm³/mol. The van der Waals surface area contributed by atoms with Gasteiger partial charge >= 0.3 is 0 Å². The lowest BCUT2D eigenvalue weighted by molar-refractivity contribution is 0.725. The number of hydrogen-bond acceptors (Lipinski definition) is 0. The minimum Gasteiger partial charge on any atom is -0.0767 e. The van der Waals surface area contributed by atoms with Crippen LogP contribution in [0.1, 0.15) is 22.6 Å². The molecule has 0 saturated heterocycles. The van der Waals surface area contributed by atoms with E-state index in [2.05, 4.69) is 61.6 Å². The summed E-state index contributed by atoms with van der Waals surface area (Å²) in [5.74, 6) is 1.11. The van der Waals surface area contributed by atoms with Gasteiger partial charge in [0.05, 0.1) is 0 Å². The van der Waals surface area contributed by atoms with Gasteiger partial charge in [0.2, 0.25) is 0 Å². The van der Waals surface area contributed by atoms with Gasteiger partial charge in [0.25, 0.3) is 0 Å². The van der Waals surface area contributed by atoms with Gasteiger partial charge in [-0.15, -0.1) is 0 Å². The maximum absolute atomic E-state index is 2.34. The summed E-state index contributed by atoms with van der Waals surface area (Å²) in [7, 11) is 0. The first-order chi connectivity index (χ1) is 7.36. The van der Waals surface area contributed by atoms with E-state index < -0.39 is 0 Å². The normalized spacial score (nSPS) is 22.6. The molecule has 0 saturated carbocycles. The van der Waals surface area contributed by atoms with Crippen LogP contribution in [-0.2, 0) is 0 Å². The van der Waals surface area contributed by atoms with Gasteiger partial charge in [-0.05, 0) is 23.6 Å². The van der Waals surface area contributed by atoms with Gasteiger partial charge in [0.1, 0.15) is 0 Å². The second-order valence-electron chi connectivity index (χ2n) is 4.31. The van der Waals surface area contributed by atoms with Crippen LogP contribution in [-0.4, -0.2) is 0 Å². The topological polar surface area (TPSA) is 0 Å². The van der Waals surface area contributed by atoms with Crippen molar-refractivity contribution in [1.82, 2.24) is 0 Å². The second-order valence-corrected chi connectivity index (χ2v) is 4.31. The molecule has 0 radical (unpaired) electrons. The van der Waals surface area contributed by atoms with E-state index in [1.165, 1.54) is 16.7 Å². The maximum Gasteiger partial charge on any atom is 0.0125 e. The molecule has 3 rings (SSSR count). The van der Waals surface area contributed by atoms with E-state index in [4.69, 9.17) is 0 Å². The van der Waals surface area contributed by atoms with Gasteiger partial charge in [-0.2, -0.15) is 0 Å². The summed E-state index contributed by atoms with van der Waals surface area (Å²) in [6, 6.07) is 6.61. The average molecular weight is 194 g/mol. The van der Waals surface area contributed by atoms with Crippen molar-refractivity contribution in [2.75, 3.05) is 0 Å². The molecule has 0 aromatic heterocycles. The smallest absolute Gasteiger partial charge is 0.0125 e. The number of benzene rings is 1.